The number of hydrogen-bond acceptors (Lipinski definition) is 5. The molecule has 7 heteroatoms. The summed E-state index contributed by atoms with van der Waals surface area (Å²) in [6.45, 7) is 0. The van der Waals surface area contributed by atoms with Gasteiger partial charge in [0.1, 0.15) is 10.8 Å². The number of pyridine rings is 2. The van der Waals surface area contributed by atoms with Gasteiger partial charge in [-0.2, -0.15) is 5.10 Å². The van der Waals surface area contributed by atoms with E-state index in [0.29, 0.717) is 22.2 Å². The number of nitrogens with zero attached hydrogens (tertiary/aromatic N) is 5. The van der Waals surface area contributed by atoms with Crippen LogP contribution in [-0.2, 0) is 0 Å². The second-order valence-corrected chi connectivity index (χ2v) is 5.29. The van der Waals surface area contributed by atoms with Gasteiger partial charge in [-0.05, 0) is 30.3 Å². The molecule has 6 nitrogen and oxygen atoms in total. The fourth-order valence-electron chi connectivity index (χ4n) is 2.48. The molecule has 0 radical (unpaired) electrons. The third-order valence-corrected chi connectivity index (χ3v) is 3.64. The Labute approximate surface area is 136 Å². The first kappa shape index (κ1) is 13.7. The van der Waals surface area contributed by atoms with Crippen molar-refractivity contribution in [2.45, 2.75) is 0 Å². The summed E-state index contributed by atoms with van der Waals surface area (Å²) in [5, 5.41) is 5.03. The average molecular weight is 323 g/mol. The molecule has 4 aromatic rings. The highest BCUT2D eigenvalue weighted by atomic mass is 35.5. The van der Waals surface area contributed by atoms with Gasteiger partial charge in [0, 0.05) is 12.4 Å². The van der Waals surface area contributed by atoms with Crippen LogP contribution in [0.3, 0.4) is 0 Å². The van der Waals surface area contributed by atoms with Crippen LogP contribution in [0.4, 0.5) is 5.95 Å². The molecule has 112 valence electrons. The normalized spacial score (nSPS) is 11.0. The van der Waals surface area contributed by atoms with Crippen LogP contribution in [0, 0.1) is 0 Å². The van der Waals surface area contributed by atoms with E-state index < -0.39 is 0 Å². The van der Waals surface area contributed by atoms with Crippen molar-refractivity contribution in [2.24, 2.45) is 0 Å². The molecule has 0 aliphatic carbocycles. The number of anilines is 1. The van der Waals surface area contributed by atoms with Crippen molar-refractivity contribution in [3.05, 3.63) is 60.0 Å². The van der Waals surface area contributed by atoms with E-state index >= 15 is 0 Å². The van der Waals surface area contributed by atoms with Crippen molar-refractivity contribution >= 4 is 23.1 Å². The Morgan fingerprint density at radius 1 is 0.957 bits per heavy atom. The van der Waals surface area contributed by atoms with E-state index in [1.165, 1.54) is 0 Å². The summed E-state index contributed by atoms with van der Waals surface area (Å²) in [5.74, 6) is 0.211. The number of aromatic nitrogens is 5. The van der Waals surface area contributed by atoms with Crippen molar-refractivity contribution < 1.29 is 0 Å². The Bertz CT molecular complexity index is 1010. The van der Waals surface area contributed by atoms with Gasteiger partial charge in [-0.3, -0.25) is 0 Å². The summed E-state index contributed by atoms with van der Waals surface area (Å²) in [4.78, 5) is 12.6. The van der Waals surface area contributed by atoms with E-state index in [2.05, 4.69) is 20.1 Å². The number of nitrogens with two attached hydrogens (primary N) is 1. The Hall–Kier alpha value is -2.99. The minimum Gasteiger partial charge on any atom is -0.368 e. The summed E-state index contributed by atoms with van der Waals surface area (Å²) >= 11 is 6.03. The fourth-order valence-corrected chi connectivity index (χ4v) is 2.65. The zero-order valence-electron chi connectivity index (χ0n) is 11.9. The molecule has 0 spiro atoms. The van der Waals surface area contributed by atoms with E-state index in [4.69, 9.17) is 17.3 Å². The summed E-state index contributed by atoms with van der Waals surface area (Å²) in [6.07, 6.45) is 3.50. The summed E-state index contributed by atoms with van der Waals surface area (Å²) in [7, 11) is 0. The molecule has 0 aromatic carbocycles. The van der Waals surface area contributed by atoms with Gasteiger partial charge < -0.3 is 5.73 Å². The van der Waals surface area contributed by atoms with Gasteiger partial charge in [-0.1, -0.05) is 23.7 Å². The molecule has 4 heterocycles. The molecule has 0 saturated heterocycles. The summed E-state index contributed by atoms with van der Waals surface area (Å²) < 4.78 is 1.78. The molecular formula is C16H11ClN6. The van der Waals surface area contributed by atoms with Crippen molar-refractivity contribution in [3.63, 3.8) is 0 Å². The van der Waals surface area contributed by atoms with Crippen LogP contribution in [0.5, 0.6) is 0 Å². The van der Waals surface area contributed by atoms with Gasteiger partial charge in [0.15, 0.2) is 0 Å². The molecule has 2 N–H and O–H groups in total. The van der Waals surface area contributed by atoms with Crippen molar-refractivity contribution in [2.75, 3.05) is 5.73 Å². The highest BCUT2D eigenvalue weighted by molar-refractivity contribution is 6.29. The molecule has 0 atom stereocenters. The highest BCUT2D eigenvalue weighted by Crippen LogP contribution is 2.33. The third kappa shape index (κ3) is 2.39. The molecule has 0 aliphatic heterocycles. The SMILES string of the molecule is Nc1nccc(-c2c(-c3cccc(Cl)n3)nn3ccccc23)n1. The van der Waals surface area contributed by atoms with Crippen LogP contribution in [-0.4, -0.2) is 24.6 Å². The van der Waals surface area contributed by atoms with Crippen LogP contribution < -0.4 is 5.73 Å². The van der Waals surface area contributed by atoms with Gasteiger partial charge >= 0.3 is 0 Å². The van der Waals surface area contributed by atoms with E-state index in [-0.39, 0.29) is 5.95 Å². The van der Waals surface area contributed by atoms with Crippen LogP contribution in [0.15, 0.2) is 54.9 Å². The highest BCUT2D eigenvalue weighted by Gasteiger charge is 2.18. The lowest BCUT2D eigenvalue weighted by molar-refractivity contribution is 0.962. The minimum absolute atomic E-state index is 0.211. The lowest BCUT2D eigenvalue weighted by atomic mass is 10.1. The Balaban J connectivity index is 2.06. The van der Waals surface area contributed by atoms with Crippen LogP contribution in [0.2, 0.25) is 5.15 Å². The average Bonchev–Trinajstić information content (AvgIpc) is 2.94. The van der Waals surface area contributed by atoms with Crippen LogP contribution >= 0.6 is 11.6 Å². The molecule has 4 aromatic heterocycles. The topological polar surface area (TPSA) is 82.0 Å². The molecule has 0 saturated carbocycles. The van der Waals surface area contributed by atoms with E-state index in [1.54, 1.807) is 22.8 Å². The van der Waals surface area contributed by atoms with Crippen LogP contribution in [0.25, 0.3) is 28.2 Å². The molecule has 4 rings (SSSR count). The largest absolute Gasteiger partial charge is 0.368 e. The maximum Gasteiger partial charge on any atom is 0.220 e. The Kier molecular flexibility index (Phi) is 3.17. The second kappa shape index (κ2) is 5.33. The monoisotopic (exact) mass is 322 g/mol. The van der Waals surface area contributed by atoms with E-state index in [9.17, 15) is 0 Å². The molecule has 0 aliphatic rings. The number of hydrogen-bond donors (Lipinski definition) is 1. The van der Waals surface area contributed by atoms with Gasteiger partial charge in [0.25, 0.3) is 0 Å². The molecule has 23 heavy (non-hydrogen) atoms. The number of nitrogen functional groups attached to an aromatic ring is 1. The number of halogens is 1. The Morgan fingerprint density at radius 2 is 1.87 bits per heavy atom. The molecular weight excluding hydrogens is 312 g/mol. The zero-order chi connectivity index (χ0) is 15.8. The maximum absolute atomic E-state index is 6.03. The Morgan fingerprint density at radius 3 is 2.70 bits per heavy atom. The fraction of sp³-hybridized carbons (Fsp3) is 0. The molecule has 0 amide bonds. The predicted molar refractivity (Wildman–Crippen MR) is 88.9 cm³/mol. The van der Waals surface area contributed by atoms with E-state index in [0.717, 1.165) is 11.1 Å². The van der Waals surface area contributed by atoms with Gasteiger partial charge in [-0.25, -0.2) is 19.5 Å². The number of rotatable bonds is 2. The first-order chi connectivity index (χ1) is 11.2. The maximum atomic E-state index is 6.03. The molecule has 0 bridgehead atoms. The number of fused-ring (bicyclic) bond motifs is 1. The van der Waals surface area contributed by atoms with E-state index in [1.807, 2.05) is 36.5 Å². The first-order valence-electron chi connectivity index (χ1n) is 6.91. The summed E-state index contributed by atoms with van der Waals surface area (Å²) in [5.41, 5.74) is 9.54. The predicted octanol–water partition coefficient (Wildman–Crippen LogP) is 3.09. The standard InChI is InChI=1S/C16H11ClN6/c17-13-6-3-4-11(20-13)15-14(10-7-8-19-16(18)21-10)12-5-1-2-9-23(12)22-15/h1-9H,(H2,18,19,21). The van der Waals surface area contributed by atoms with Crippen LogP contribution in [0.1, 0.15) is 0 Å². The lowest BCUT2D eigenvalue weighted by Gasteiger charge is -2.03. The van der Waals surface area contributed by atoms with Crippen molar-refractivity contribution in [1.29, 1.82) is 0 Å². The van der Waals surface area contributed by atoms with Gasteiger partial charge in [0.2, 0.25) is 5.95 Å². The minimum atomic E-state index is 0.211. The third-order valence-electron chi connectivity index (χ3n) is 3.43. The van der Waals surface area contributed by atoms with Crippen molar-refractivity contribution in [3.8, 4) is 22.6 Å². The first-order valence-corrected chi connectivity index (χ1v) is 7.29. The lowest BCUT2D eigenvalue weighted by Crippen LogP contribution is -1.96. The van der Waals surface area contributed by atoms with Gasteiger partial charge in [-0.15, -0.1) is 0 Å². The summed E-state index contributed by atoms with van der Waals surface area (Å²) in [6, 6.07) is 13.0. The smallest absolute Gasteiger partial charge is 0.220 e. The molecule has 0 unspecified atom stereocenters. The van der Waals surface area contributed by atoms with Crippen molar-refractivity contribution in [1.82, 2.24) is 24.6 Å². The zero-order valence-corrected chi connectivity index (χ0v) is 12.6. The quantitative estimate of drug-likeness (QED) is 0.573. The second-order valence-electron chi connectivity index (χ2n) is 4.90. The molecule has 0 fully saturated rings. The van der Waals surface area contributed by atoms with Gasteiger partial charge in [0.05, 0.1) is 22.5 Å².